The minimum Gasteiger partial charge on any atom is -1.00 e. The van der Waals surface area contributed by atoms with E-state index in [2.05, 4.69) is 0 Å². The Morgan fingerprint density at radius 1 is 1.38 bits per heavy atom. The molecule has 0 aliphatic heterocycles. The molecule has 0 spiro atoms. The van der Waals surface area contributed by atoms with E-state index in [4.69, 9.17) is 14.4 Å². The van der Waals surface area contributed by atoms with Crippen molar-refractivity contribution in [2.45, 2.75) is 0 Å². The van der Waals surface area contributed by atoms with Gasteiger partial charge in [0.25, 0.3) is 0 Å². The summed E-state index contributed by atoms with van der Waals surface area (Å²) in [4.78, 5) is 13.9. The summed E-state index contributed by atoms with van der Waals surface area (Å²) < 4.78 is 19.0. The zero-order chi connectivity index (χ0) is 4.50. The van der Waals surface area contributed by atoms with Crippen LogP contribution in [0.25, 0.3) is 0 Å². The minimum atomic E-state index is -5.14. The maximum Gasteiger partial charge on any atom is 1.00 e. The fraction of sp³-hybridized carbons (Fsp3) is 0. The van der Waals surface area contributed by atoms with Crippen LogP contribution in [-0.4, -0.2) is 9.79 Å². The Hall–Kier alpha value is 1.86. The summed E-state index contributed by atoms with van der Waals surface area (Å²) in [5.41, 5.74) is 0. The van der Waals surface area contributed by atoms with Gasteiger partial charge in [0.15, 0.2) is 0 Å². The van der Waals surface area contributed by atoms with Gasteiger partial charge in [0, 0.05) is 18.6 Å². The third-order valence-electron chi connectivity index (χ3n) is 0. The normalized spacial score (nSPS) is 7.38. The topological polar surface area (TPSA) is 57.5 Å². The zero-order valence-corrected chi connectivity index (χ0v) is 6.87. The Morgan fingerprint density at radius 3 is 1.38 bits per heavy atom. The molecule has 0 saturated heterocycles. The first-order chi connectivity index (χ1) is 2.00. The summed E-state index contributed by atoms with van der Waals surface area (Å²) in [6.45, 7) is 0. The van der Waals surface area contributed by atoms with Crippen molar-refractivity contribution in [2.24, 2.45) is 0 Å². The molecule has 0 amide bonds. The van der Waals surface area contributed by atoms with E-state index < -0.39 is 7.91 Å². The smallest absolute Gasteiger partial charge is 1.00 e. The quantitative estimate of drug-likeness (QED) is 0.279. The van der Waals surface area contributed by atoms with Gasteiger partial charge in [-0.2, -0.15) is 0 Å². The van der Waals surface area contributed by atoms with Gasteiger partial charge < -0.3 is 2.85 Å². The maximum atomic E-state index is 10.4. The van der Waals surface area contributed by atoms with E-state index >= 15 is 0 Å². The number of hydrogen-bond acceptors (Lipinski definition) is 1. The maximum absolute atomic E-state index is 10.4. The van der Waals surface area contributed by atoms with Gasteiger partial charge in [0.1, 0.15) is 0 Å². The second-order valence-electron chi connectivity index (χ2n) is 0.473. The molecule has 0 aromatic rings. The van der Waals surface area contributed by atoms with Crippen LogP contribution in [0.3, 0.4) is 0 Å². The van der Waals surface area contributed by atoms with E-state index in [-0.39, 0.29) is 59.1 Å². The molecule has 0 saturated carbocycles. The zero-order valence-electron chi connectivity index (χ0n) is 6.58. The fourth-order valence-electron chi connectivity index (χ4n) is 0. The molecule has 0 fully saturated rings. The summed E-state index contributed by atoms with van der Waals surface area (Å²) in [7, 11) is -5.14. The molecule has 41 valence electrons. The van der Waals surface area contributed by atoms with E-state index in [9.17, 15) is 4.20 Å². The Morgan fingerprint density at radius 2 is 1.38 bits per heavy atom. The van der Waals surface area contributed by atoms with Gasteiger partial charge in [0.2, 0.25) is 0 Å². The van der Waals surface area contributed by atoms with Crippen LogP contribution in [0.5, 0.6) is 0 Å². The van der Waals surface area contributed by atoms with E-state index in [1.807, 2.05) is 0 Å². The van der Waals surface area contributed by atoms with E-state index in [0.717, 1.165) is 0 Å². The molecule has 0 unspecified atom stereocenters. The number of hydrogen-bond donors (Lipinski definition) is 2. The van der Waals surface area contributed by atoms with Crippen molar-refractivity contribution >= 4 is 7.91 Å². The standard InChI is InChI=1S/FH2O3P.2Li.V.2H/c1-5(2,3)4;;;;;/h(H2,2,3,4);;;;;/q;2*+1;;2*-1. The summed E-state index contributed by atoms with van der Waals surface area (Å²) in [5.74, 6) is 0. The fourth-order valence-corrected chi connectivity index (χ4v) is 0. The van der Waals surface area contributed by atoms with Crippen molar-refractivity contribution in [3.8, 4) is 0 Å². The van der Waals surface area contributed by atoms with Gasteiger partial charge in [-0.25, -0.2) is 4.57 Å². The third kappa shape index (κ3) is 107. The van der Waals surface area contributed by atoms with Crippen molar-refractivity contribution in [2.75, 3.05) is 0 Å². The monoisotopic (exact) mass is 167 g/mol. The number of halogens is 1. The van der Waals surface area contributed by atoms with Crippen LogP contribution in [0.15, 0.2) is 0 Å². The van der Waals surface area contributed by atoms with Crippen molar-refractivity contribution in [3.05, 3.63) is 0 Å². The van der Waals surface area contributed by atoms with Crippen LogP contribution in [0.2, 0.25) is 0 Å². The van der Waals surface area contributed by atoms with Gasteiger partial charge in [-0.05, 0) is 0 Å². The Kier molecular flexibility index (Phi) is 25.0. The Bertz CT molecular complexity index is 70.6. The molecule has 0 aliphatic carbocycles. The minimum absolute atomic E-state index is 0. The number of rotatable bonds is 0. The van der Waals surface area contributed by atoms with Crippen LogP contribution >= 0.6 is 7.91 Å². The second-order valence-corrected chi connectivity index (χ2v) is 1.42. The summed E-state index contributed by atoms with van der Waals surface area (Å²) in [6.07, 6.45) is 0. The van der Waals surface area contributed by atoms with Gasteiger partial charge >= 0.3 is 45.6 Å². The summed E-state index contributed by atoms with van der Waals surface area (Å²) in [6, 6.07) is 0. The average molecular weight is 167 g/mol. The van der Waals surface area contributed by atoms with Crippen molar-refractivity contribution in [1.29, 1.82) is 0 Å². The van der Waals surface area contributed by atoms with Crippen LogP contribution in [0.1, 0.15) is 2.85 Å². The molecule has 2 N–H and O–H groups in total. The molecule has 0 bridgehead atoms. The Labute approximate surface area is 85.3 Å². The van der Waals surface area contributed by atoms with Crippen LogP contribution in [-0.2, 0) is 23.1 Å². The van der Waals surface area contributed by atoms with E-state index in [1.165, 1.54) is 0 Å². The second kappa shape index (κ2) is 8.86. The van der Waals surface area contributed by atoms with Gasteiger partial charge in [-0.1, -0.05) is 0 Å². The van der Waals surface area contributed by atoms with E-state index in [1.54, 1.807) is 0 Å². The first-order valence-electron chi connectivity index (χ1n) is 0.752. The predicted octanol–water partition coefficient (Wildman–Crippen LogP) is -5.72. The van der Waals surface area contributed by atoms with Gasteiger partial charge in [0.05, 0.1) is 0 Å². The predicted molar refractivity (Wildman–Crippen MR) is 15.4 cm³/mol. The molecule has 3 nitrogen and oxygen atoms in total. The average Bonchev–Trinajstić information content (AvgIpc) is 0.722. The SMILES string of the molecule is O=P(O)(O)F.[H-].[H-].[Li+].[Li+].[V]. The Balaban J connectivity index is -0.00000000800. The molecule has 1 radical (unpaired) electrons. The molecular weight excluding hydrogens is 163 g/mol. The van der Waals surface area contributed by atoms with Crippen molar-refractivity contribution in [3.63, 3.8) is 0 Å². The molecule has 8 heavy (non-hydrogen) atoms. The molecule has 0 heterocycles. The van der Waals surface area contributed by atoms with Crippen molar-refractivity contribution < 1.29 is 77.7 Å². The van der Waals surface area contributed by atoms with Crippen LogP contribution in [0.4, 0.5) is 4.20 Å². The van der Waals surface area contributed by atoms with Gasteiger partial charge in [-0.15, -0.1) is 4.20 Å². The third-order valence-corrected chi connectivity index (χ3v) is 0. The summed E-state index contributed by atoms with van der Waals surface area (Å²) in [5, 5.41) is 0. The molecular formula is H4FLi2O3PV. The van der Waals surface area contributed by atoms with E-state index in [0.29, 0.717) is 0 Å². The van der Waals surface area contributed by atoms with Crippen LogP contribution in [0, 0.1) is 0 Å². The largest absolute Gasteiger partial charge is 1.00 e. The van der Waals surface area contributed by atoms with Crippen molar-refractivity contribution in [1.82, 2.24) is 0 Å². The first-order valence-corrected chi connectivity index (χ1v) is 2.25. The molecule has 8 heteroatoms. The molecule has 0 aromatic heterocycles. The first kappa shape index (κ1) is 22.5. The van der Waals surface area contributed by atoms with Crippen LogP contribution < -0.4 is 37.7 Å². The molecule has 0 atom stereocenters. The molecule has 0 rings (SSSR count). The molecule has 0 aromatic carbocycles. The summed E-state index contributed by atoms with van der Waals surface area (Å²) >= 11 is 0. The molecule has 0 aliphatic rings. The van der Waals surface area contributed by atoms with Gasteiger partial charge in [-0.3, -0.25) is 9.79 Å².